The molecule has 2 heteroatoms. The number of aliphatic hydroxyl groups is 1. The first-order valence-electron chi connectivity index (χ1n) is 3.06. The predicted molar refractivity (Wildman–Crippen MR) is 36.5 cm³/mol. The summed E-state index contributed by atoms with van der Waals surface area (Å²) >= 11 is -0.178. The van der Waals surface area contributed by atoms with Gasteiger partial charge in [0.2, 0.25) is 0 Å². The first-order valence-corrected chi connectivity index (χ1v) is 7.20. The predicted octanol–water partition coefficient (Wildman–Crippen LogP) is 1.27. The van der Waals surface area contributed by atoms with Crippen LogP contribution in [-0.4, -0.2) is 25.1 Å². The van der Waals surface area contributed by atoms with Gasteiger partial charge in [0.25, 0.3) is 0 Å². The van der Waals surface area contributed by atoms with Crippen molar-refractivity contribution in [1.29, 1.82) is 0 Å². The van der Waals surface area contributed by atoms with Gasteiger partial charge in [-0.15, -0.1) is 0 Å². The molecule has 8 heavy (non-hydrogen) atoms. The zero-order valence-electron chi connectivity index (χ0n) is 5.26. The van der Waals surface area contributed by atoms with Gasteiger partial charge >= 0.3 is 54.4 Å². The van der Waals surface area contributed by atoms with Crippen LogP contribution in [0.2, 0.25) is 16.5 Å². The second kappa shape index (κ2) is 2.86. The van der Waals surface area contributed by atoms with Crippen LogP contribution in [0.1, 0.15) is 12.8 Å². The molecule has 0 aromatic heterocycles. The summed E-state index contributed by atoms with van der Waals surface area (Å²) in [5, 5.41) is 11.7. The van der Waals surface area contributed by atoms with Crippen LogP contribution in [0, 0.1) is 0 Å². The molecular formula is C6H13OSe+. The van der Waals surface area contributed by atoms with E-state index >= 15 is 0 Å². The monoisotopic (exact) mass is 181 g/mol. The van der Waals surface area contributed by atoms with Gasteiger partial charge in [-0.2, -0.15) is 0 Å². The molecule has 0 aliphatic carbocycles. The minimum absolute atomic E-state index is 0.0509. The Kier molecular flexibility index (Phi) is 2.36. The van der Waals surface area contributed by atoms with Crippen molar-refractivity contribution < 1.29 is 5.11 Å². The normalized spacial score (nSPS) is 39.8. The Hall–Kier alpha value is 0.479. The van der Waals surface area contributed by atoms with Gasteiger partial charge in [-0.3, -0.25) is 0 Å². The van der Waals surface area contributed by atoms with Crippen LogP contribution in [0.4, 0.5) is 0 Å². The molecule has 0 bridgehead atoms. The molecular weight excluding hydrogens is 167 g/mol. The van der Waals surface area contributed by atoms with Gasteiger partial charge in [-0.05, 0) is 0 Å². The van der Waals surface area contributed by atoms with E-state index in [1.165, 1.54) is 10.6 Å². The fraction of sp³-hybridized carbons (Fsp3) is 1.00. The molecule has 1 aliphatic rings. The summed E-state index contributed by atoms with van der Waals surface area (Å²) < 4.78 is 0. The Labute approximate surface area is 55.0 Å². The minimum atomic E-state index is -0.178. The molecule has 1 aliphatic heterocycles. The van der Waals surface area contributed by atoms with Crippen LogP contribution in [0.15, 0.2) is 0 Å². The van der Waals surface area contributed by atoms with Gasteiger partial charge in [0, 0.05) is 0 Å². The molecule has 0 saturated carbocycles. The van der Waals surface area contributed by atoms with E-state index in [2.05, 4.69) is 5.82 Å². The van der Waals surface area contributed by atoms with E-state index in [-0.39, 0.29) is 20.0 Å². The van der Waals surface area contributed by atoms with E-state index in [0.29, 0.717) is 0 Å². The van der Waals surface area contributed by atoms with E-state index in [9.17, 15) is 0 Å². The molecule has 0 atom stereocenters. The zero-order valence-corrected chi connectivity index (χ0v) is 6.97. The quantitative estimate of drug-likeness (QED) is 0.556. The molecule has 1 fully saturated rings. The van der Waals surface area contributed by atoms with E-state index < -0.39 is 0 Å². The number of aliphatic hydroxyl groups excluding tert-OH is 1. The third-order valence-corrected chi connectivity index (χ3v) is 5.51. The molecule has 0 spiro atoms. The Morgan fingerprint density at radius 2 is 1.88 bits per heavy atom. The molecule has 1 N–H and O–H groups in total. The zero-order chi connectivity index (χ0) is 5.98. The fourth-order valence-corrected chi connectivity index (χ4v) is 4.18. The van der Waals surface area contributed by atoms with E-state index in [1.807, 2.05) is 0 Å². The molecule has 1 rings (SSSR count). The van der Waals surface area contributed by atoms with Crippen molar-refractivity contribution in [3.63, 3.8) is 0 Å². The number of rotatable bonds is 0. The van der Waals surface area contributed by atoms with Crippen LogP contribution in [0.3, 0.4) is 0 Å². The summed E-state index contributed by atoms with van der Waals surface area (Å²) in [5.74, 6) is 2.38. The third-order valence-electron chi connectivity index (χ3n) is 1.60. The first-order chi connectivity index (χ1) is 3.79. The van der Waals surface area contributed by atoms with Gasteiger partial charge in [0.05, 0.1) is 0 Å². The molecule has 0 amide bonds. The van der Waals surface area contributed by atoms with Crippen molar-refractivity contribution in [1.82, 2.24) is 0 Å². The molecule has 1 heterocycles. The van der Waals surface area contributed by atoms with Crippen LogP contribution < -0.4 is 0 Å². The molecule has 0 unspecified atom stereocenters. The molecule has 0 radical (unpaired) electrons. The first kappa shape index (κ1) is 6.60. The second-order valence-corrected chi connectivity index (χ2v) is 7.41. The van der Waals surface area contributed by atoms with Gasteiger partial charge < -0.3 is 0 Å². The molecule has 1 saturated heterocycles. The van der Waals surface area contributed by atoms with Crippen LogP contribution in [0.25, 0.3) is 0 Å². The third kappa shape index (κ3) is 1.77. The van der Waals surface area contributed by atoms with Crippen molar-refractivity contribution in [3.8, 4) is 0 Å². The van der Waals surface area contributed by atoms with Gasteiger partial charge in [-0.25, -0.2) is 0 Å². The van der Waals surface area contributed by atoms with E-state index in [0.717, 1.165) is 12.8 Å². The SMILES string of the molecule is C[Se+]1CCC(O)CC1. The maximum absolute atomic E-state index is 9.05. The maximum atomic E-state index is 9.05. The summed E-state index contributed by atoms with van der Waals surface area (Å²) in [4.78, 5) is 0. The van der Waals surface area contributed by atoms with Crippen molar-refractivity contribution in [2.75, 3.05) is 0 Å². The second-order valence-electron chi connectivity index (χ2n) is 2.42. The van der Waals surface area contributed by atoms with Crippen molar-refractivity contribution in [2.45, 2.75) is 35.4 Å². The van der Waals surface area contributed by atoms with Gasteiger partial charge in [-0.1, -0.05) is 0 Å². The summed E-state index contributed by atoms with van der Waals surface area (Å²) in [7, 11) is 0. The van der Waals surface area contributed by atoms with Crippen LogP contribution in [-0.2, 0) is 0 Å². The molecule has 0 aromatic rings. The van der Waals surface area contributed by atoms with Crippen molar-refractivity contribution in [2.24, 2.45) is 0 Å². The molecule has 0 aromatic carbocycles. The van der Waals surface area contributed by atoms with Gasteiger partial charge in [0.1, 0.15) is 0 Å². The fourth-order valence-electron chi connectivity index (χ4n) is 0.921. The molecule has 1 nitrogen and oxygen atoms in total. The van der Waals surface area contributed by atoms with Crippen molar-refractivity contribution >= 4 is 13.9 Å². The summed E-state index contributed by atoms with van der Waals surface area (Å²) in [6, 6.07) is 0. The summed E-state index contributed by atoms with van der Waals surface area (Å²) in [6.45, 7) is 0. The molecule has 48 valence electrons. The van der Waals surface area contributed by atoms with Crippen LogP contribution >= 0.6 is 0 Å². The summed E-state index contributed by atoms with van der Waals surface area (Å²) in [5.41, 5.74) is 0. The van der Waals surface area contributed by atoms with Gasteiger partial charge in [0.15, 0.2) is 0 Å². The topological polar surface area (TPSA) is 20.2 Å². The summed E-state index contributed by atoms with van der Waals surface area (Å²) in [6.07, 6.45) is 2.22. The average Bonchev–Trinajstić information content (AvgIpc) is 1.77. The Morgan fingerprint density at radius 1 is 1.38 bits per heavy atom. The average molecular weight is 180 g/mol. The van der Waals surface area contributed by atoms with E-state index in [1.54, 1.807) is 0 Å². The standard InChI is InChI=1S/C6H13OSe/c1-8-4-2-6(7)3-5-8/h6-7H,2-5H2,1H3/q+1. The van der Waals surface area contributed by atoms with E-state index in [4.69, 9.17) is 5.11 Å². The Balaban J connectivity index is 2.19. The Bertz CT molecular complexity index is 56.9. The van der Waals surface area contributed by atoms with Crippen molar-refractivity contribution in [3.05, 3.63) is 0 Å². The Morgan fingerprint density at radius 3 is 2.25 bits per heavy atom. The number of hydrogen-bond acceptors (Lipinski definition) is 1. The number of hydrogen-bond donors (Lipinski definition) is 1. The van der Waals surface area contributed by atoms with Crippen LogP contribution in [0.5, 0.6) is 0 Å².